The zero-order valence-electron chi connectivity index (χ0n) is 14.5. The van der Waals surface area contributed by atoms with Crippen molar-refractivity contribution in [2.75, 3.05) is 26.2 Å². The number of nitrogens with two attached hydrogens (primary N) is 1. The minimum atomic E-state index is -0.636. The first-order valence-corrected chi connectivity index (χ1v) is 8.15. The largest absolute Gasteiger partial charge is 0.369 e. The number of hydrogen-bond acceptors (Lipinski definition) is 3. The number of aryl methyl sites for hydroxylation is 1. The Morgan fingerprint density at radius 3 is 2.87 bits per heavy atom. The number of primary amides is 1. The lowest BCUT2D eigenvalue weighted by Gasteiger charge is -2.24. The summed E-state index contributed by atoms with van der Waals surface area (Å²) in [6.45, 7) is 8.73. The fourth-order valence-corrected chi connectivity index (χ4v) is 2.65. The fourth-order valence-electron chi connectivity index (χ4n) is 2.65. The lowest BCUT2D eigenvalue weighted by Crippen LogP contribution is -2.42. The van der Waals surface area contributed by atoms with Crippen molar-refractivity contribution in [3.05, 3.63) is 18.0 Å². The molecule has 1 atom stereocenters. The van der Waals surface area contributed by atoms with Crippen LogP contribution < -0.4 is 11.1 Å². The summed E-state index contributed by atoms with van der Waals surface area (Å²) in [5, 5.41) is 7.57. The number of guanidine groups is 1. The van der Waals surface area contributed by atoms with Crippen LogP contribution >= 0.6 is 0 Å². The molecule has 7 nitrogen and oxygen atoms in total. The van der Waals surface area contributed by atoms with Gasteiger partial charge in [-0.25, -0.2) is 0 Å². The first-order valence-electron chi connectivity index (χ1n) is 8.15. The molecule has 23 heavy (non-hydrogen) atoms. The molecule has 128 valence electrons. The summed E-state index contributed by atoms with van der Waals surface area (Å²) in [5.74, 6) is 0.997. The second-order valence-corrected chi connectivity index (χ2v) is 6.80. The zero-order chi connectivity index (χ0) is 17.0. The quantitative estimate of drug-likeness (QED) is 0.617. The Morgan fingerprint density at radius 1 is 1.57 bits per heavy atom. The van der Waals surface area contributed by atoms with E-state index in [9.17, 15) is 4.79 Å². The van der Waals surface area contributed by atoms with Gasteiger partial charge in [0.2, 0.25) is 5.91 Å². The van der Waals surface area contributed by atoms with Crippen LogP contribution in [0.1, 0.15) is 38.7 Å². The van der Waals surface area contributed by atoms with E-state index in [-0.39, 0.29) is 5.91 Å². The van der Waals surface area contributed by atoms with Crippen LogP contribution in [-0.2, 0) is 11.8 Å². The highest BCUT2D eigenvalue weighted by molar-refractivity contribution is 5.83. The van der Waals surface area contributed by atoms with Crippen LogP contribution in [0.2, 0.25) is 0 Å². The van der Waals surface area contributed by atoms with Crippen LogP contribution in [-0.4, -0.2) is 52.7 Å². The number of likely N-dealkylation sites (tertiary alicyclic amines) is 1. The highest BCUT2D eigenvalue weighted by atomic mass is 16.1. The third-order valence-corrected chi connectivity index (χ3v) is 4.31. The maximum atomic E-state index is 11.5. The van der Waals surface area contributed by atoms with Crippen LogP contribution in [0.5, 0.6) is 0 Å². The Balaban J connectivity index is 2.05. The third kappa shape index (κ3) is 4.24. The highest BCUT2D eigenvalue weighted by Crippen LogP contribution is 2.27. The minimum Gasteiger partial charge on any atom is -0.369 e. The standard InChI is InChI=1S/C16H28N6O/c1-5-18-15(19-11-16(2,3)14(17)23)22-7-6-12(10-22)13-8-20-21(4)9-13/h8-9,12H,5-7,10-11H2,1-4H3,(H2,17,23)(H,18,19). The van der Waals surface area contributed by atoms with Crippen molar-refractivity contribution in [1.29, 1.82) is 0 Å². The average Bonchev–Trinajstić information content (AvgIpc) is 3.12. The summed E-state index contributed by atoms with van der Waals surface area (Å²) in [4.78, 5) is 18.3. The molecule has 1 fully saturated rings. The summed E-state index contributed by atoms with van der Waals surface area (Å²) in [6, 6.07) is 0. The number of nitrogens with zero attached hydrogens (tertiary/aromatic N) is 4. The van der Waals surface area contributed by atoms with Gasteiger partial charge in [-0.1, -0.05) is 0 Å². The normalized spacial score (nSPS) is 19.2. The molecule has 0 radical (unpaired) electrons. The van der Waals surface area contributed by atoms with Gasteiger partial charge in [0.15, 0.2) is 5.96 Å². The van der Waals surface area contributed by atoms with E-state index in [1.165, 1.54) is 5.56 Å². The first kappa shape index (κ1) is 17.3. The first-order chi connectivity index (χ1) is 10.8. The Kier molecular flexibility index (Phi) is 5.28. The molecular weight excluding hydrogens is 292 g/mol. The van der Waals surface area contributed by atoms with Crippen molar-refractivity contribution in [3.63, 3.8) is 0 Å². The Bertz CT molecular complexity index is 577. The molecule has 7 heteroatoms. The van der Waals surface area contributed by atoms with Crippen LogP contribution in [0.3, 0.4) is 0 Å². The molecule has 0 aromatic carbocycles. The molecule has 1 aliphatic heterocycles. The maximum Gasteiger partial charge on any atom is 0.224 e. The summed E-state index contributed by atoms with van der Waals surface area (Å²) >= 11 is 0. The van der Waals surface area contributed by atoms with E-state index in [0.29, 0.717) is 12.5 Å². The lowest BCUT2D eigenvalue weighted by atomic mass is 9.93. The number of rotatable bonds is 5. The van der Waals surface area contributed by atoms with Crippen molar-refractivity contribution < 1.29 is 4.79 Å². The van der Waals surface area contributed by atoms with Gasteiger partial charge in [-0.2, -0.15) is 5.10 Å². The van der Waals surface area contributed by atoms with Gasteiger partial charge < -0.3 is 16.0 Å². The number of nitrogens with one attached hydrogen (secondary N) is 1. The number of carbonyl (C=O) groups is 1. The van der Waals surface area contributed by atoms with Crippen molar-refractivity contribution >= 4 is 11.9 Å². The second-order valence-electron chi connectivity index (χ2n) is 6.80. The maximum absolute atomic E-state index is 11.5. The van der Waals surface area contributed by atoms with Gasteiger partial charge in [0.05, 0.1) is 18.2 Å². The lowest BCUT2D eigenvalue weighted by molar-refractivity contribution is -0.125. The molecule has 1 aromatic rings. The molecule has 1 aliphatic rings. The molecule has 0 saturated carbocycles. The van der Waals surface area contributed by atoms with Crippen LogP contribution in [0.15, 0.2) is 17.4 Å². The molecule has 0 bridgehead atoms. The van der Waals surface area contributed by atoms with E-state index in [2.05, 4.69) is 26.5 Å². The van der Waals surface area contributed by atoms with Crippen LogP contribution in [0, 0.1) is 5.41 Å². The Morgan fingerprint density at radius 2 is 2.30 bits per heavy atom. The smallest absolute Gasteiger partial charge is 0.224 e. The molecule has 1 unspecified atom stereocenters. The van der Waals surface area contributed by atoms with Gasteiger partial charge in [-0.3, -0.25) is 14.5 Å². The van der Waals surface area contributed by atoms with E-state index in [0.717, 1.165) is 32.0 Å². The molecule has 2 heterocycles. The van der Waals surface area contributed by atoms with Crippen LogP contribution in [0.25, 0.3) is 0 Å². The molecular formula is C16H28N6O. The summed E-state index contributed by atoms with van der Waals surface area (Å²) < 4.78 is 1.84. The molecule has 2 rings (SSSR count). The van der Waals surface area contributed by atoms with Gasteiger partial charge in [-0.05, 0) is 32.8 Å². The number of carbonyl (C=O) groups excluding carboxylic acids is 1. The highest BCUT2D eigenvalue weighted by Gasteiger charge is 2.29. The summed E-state index contributed by atoms with van der Waals surface area (Å²) in [7, 11) is 1.94. The van der Waals surface area contributed by atoms with Gasteiger partial charge >= 0.3 is 0 Å². The Hall–Kier alpha value is -2.05. The number of amides is 1. The van der Waals surface area contributed by atoms with Gasteiger partial charge in [0.25, 0.3) is 0 Å². The van der Waals surface area contributed by atoms with Crippen molar-refractivity contribution in [3.8, 4) is 0 Å². The average molecular weight is 320 g/mol. The van der Waals surface area contributed by atoms with E-state index in [4.69, 9.17) is 5.73 Å². The van der Waals surface area contributed by atoms with E-state index in [1.807, 2.05) is 38.7 Å². The topological polar surface area (TPSA) is 88.5 Å². The minimum absolute atomic E-state index is 0.327. The SMILES string of the molecule is CCNC(=NCC(C)(C)C(N)=O)N1CCC(c2cnn(C)c2)C1. The van der Waals surface area contributed by atoms with E-state index >= 15 is 0 Å². The van der Waals surface area contributed by atoms with Gasteiger partial charge in [0.1, 0.15) is 0 Å². The molecule has 1 aromatic heterocycles. The molecule has 1 amide bonds. The second kappa shape index (κ2) is 7.02. The van der Waals surface area contributed by atoms with Crippen molar-refractivity contribution in [2.45, 2.75) is 33.1 Å². The van der Waals surface area contributed by atoms with Gasteiger partial charge in [0, 0.05) is 38.8 Å². The molecule has 0 aliphatic carbocycles. The predicted molar refractivity (Wildman–Crippen MR) is 91.1 cm³/mol. The monoisotopic (exact) mass is 320 g/mol. The Labute approximate surface area is 137 Å². The van der Waals surface area contributed by atoms with Crippen LogP contribution in [0.4, 0.5) is 0 Å². The molecule has 0 spiro atoms. The zero-order valence-corrected chi connectivity index (χ0v) is 14.5. The fraction of sp³-hybridized carbons (Fsp3) is 0.688. The third-order valence-electron chi connectivity index (χ3n) is 4.31. The van der Waals surface area contributed by atoms with Crippen molar-refractivity contribution in [2.24, 2.45) is 23.2 Å². The number of aliphatic imine (C=N–C) groups is 1. The molecule has 3 N–H and O–H groups in total. The summed E-state index contributed by atoms with van der Waals surface area (Å²) in [5.41, 5.74) is 6.06. The van der Waals surface area contributed by atoms with E-state index < -0.39 is 5.41 Å². The number of aromatic nitrogens is 2. The van der Waals surface area contributed by atoms with Gasteiger partial charge in [-0.15, -0.1) is 0 Å². The van der Waals surface area contributed by atoms with Crippen molar-refractivity contribution in [1.82, 2.24) is 20.0 Å². The van der Waals surface area contributed by atoms with E-state index in [1.54, 1.807) is 0 Å². The molecule has 1 saturated heterocycles. The number of hydrogen-bond donors (Lipinski definition) is 2. The predicted octanol–water partition coefficient (Wildman–Crippen LogP) is 0.686. The summed E-state index contributed by atoms with van der Waals surface area (Å²) in [6.07, 6.45) is 5.10.